The van der Waals surface area contributed by atoms with E-state index in [4.69, 9.17) is 9.84 Å². The van der Waals surface area contributed by atoms with Crippen molar-refractivity contribution in [2.24, 2.45) is 5.92 Å². The number of hydrogen-bond acceptors (Lipinski definition) is 3. The minimum Gasteiger partial charge on any atom is -0.392 e. The molecule has 0 aromatic carbocycles. The summed E-state index contributed by atoms with van der Waals surface area (Å²) in [5.41, 5.74) is 0. The maximum absolute atomic E-state index is 11.4. The van der Waals surface area contributed by atoms with Crippen LogP contribution in [0.2, 0.25) is 0 Å². The Kier molecular flexibility index (Phi) is 3.69. The van der Waals surface area contributed by atoms with Crippen LogP contribution in [0, 0.1) is 5.92 Å². The Bertz CT molecular complexity index is 182. The first kappa shape index (κ1) is 10.5. The van der Waals surface area contributed by atoms with Gasteiger partial charge in [-0.1, -0.05) is 0 Å². The van der Waals surface area contributed by atoms with Crippen molar-refractivity contribution in [1.82, 2.24) is 5.32 Å². The summed E-state index contributed by atoms with van der Waals surface area (Å²) in [7, 11) is 0. The summed E-state index contributed by atoms with van der Waals surface area (Å²) in [6.45, 7) is 4.44. The molecule has 0 bridgehead atoms. The van der Waals surface area contributed by atoms with Gasteiger partial charge in [0.15, 0.2) is 0 Å². The summed E-state index contributed by atoms with van der Waals surface area (Å²) in [6, 6.07) is 0. The van der Waals surface area contributed by atoms with Gasteiger partial charge in [-0.25, -0.2) is 0 Å². The van der Waals surface area contributed by atoms with Crippen LogP contribution in [0.5, 0.6) is 0 Å². The smallest absolute Gasteiger partial charge is 0.225 e. The highest BCUT2D eigenvalue weighted by Crippen LogP contribution is 2.18. The summed E-state index contributed by atoms with van der Waals surface area (Å²) in [5, 5.41) is 11.6. The molecule has 1 saturated heterocycles. The van der Waals surface area contributed by atoms with Gasteiger partial charge in [0.25, 0.3) is 0 Å². The number of rotatable bonds is 3. The highest BCUT2D eigenvalue weighted by molar-refractivity contribution is 5.79. The van der Waals surface area contributed by atoms with E-state index < -0.39 is 6.10 Å². The molecule has 1 heterocycles. The van der Waals surface area contributed by atoms with E-state index in [0.29, 0.717) is 13.2 Å². The van der Waals surface area contributed by atoms with Gasteiger partial charge in [-0.3, -0.25) is 4.79 Å². The van der Waals surface area contributed by atoms with Crippen molar-refractivity contribution in [1.29, 1.82) is 0 Å². The van der Waals surface area contributed by atoms with Crippen LogP contribution in [0.15, 0.2) is 0 Å². The predicted molar refractivity (Wildman–Crippen MR) is 48.2 cm³/mol. The number of amides is 1. The van der Waals surface area contributed by atoms with Crippen LogP contribution in [0.4, 0.5) is 0 Å². The zero-order valence-electron chi connectivity index (χ0n) is 8.12. The van der Waals surface area contributed by atoms with Gasteiger partial charge in [0.1, 0.15) is 0 Å². The molecule has 0 aromatic heterocycles. The first-order valence-electron chi connectivity index (χ1n) is 4.67. The average molecular weight is 187 g/mol. The molecule has 13 heavy (non-hydrogen) atoms. The largest absolute Gasteiger partial charge is 0.392 e. The normalized spacial score (nSPS) is 30.1. The maximum Gasteiger partial charge on any atom is 0.225 e. The monoisotopic (exact) mass is 187 g/mol. The molecule has 1 aliphatic heterocycles. The number of hydrogen-bond donors (Lipinski definition) is 2. The van der Waals surface area contributed by atoms with Gasteiger partial charge in [0.2, 0.25) is 5.91 Å². The number of carbonyl (C=O) groups excluding carboxylic acids is 1. The zero-order chi connectivity index (χ0) is 9.84. The van der Waals surface area contributed by atoms with E-state index in [-0.39, 0.29) is 17.9 Å². The van der Waals surface area contributed by atoms with Crippen molar-refractivity contribution < 1.29 is 14.6 Å². The average Bonchev–Trinajstić information content (AvgIpc) is 2.47. The molecule has 1 aliphatic rings. The second kappa shape index (κ2) is 4.58. The van der Waals surface area contributed by atoms with Crippen molar-refractivity contribution in [2.75, 3.05) is 13.2 Å². The van der Waals surface area contributed by atoms with E-state index >= 15 is 0 Å². The molecule has 76 valence electrons. The van der Waals surface area contributed by atoms with Crippen LogP contribution in [0.3, 0.4) is 0 Å². The number of aliphatic hydroxyl groups excluding tert-OH is 1. The van der Waals surface area contributed by atoms with Crippen LogP contribution in [-0.2, 0) is 9.53 Å². The Labute approximate surface area is 78.3 Å². The van der Waals surface area contributed by atoms with Gasteiger partial charge in [-0.2, -0.15) is 0 Å². The Morgan fingerprint density at radius 3 is 2.92 bits per heavy atom. The third-order valence-electron chi connectivity index (χ3n) is 2.14. The molecule has 0 radical (unpaired) electrons. The summed E-state index contributed by atoms with van der Waals surface area (Å²) in [4.78, 5) is 11.4. The van der Waals surface area contributed by atoms with Crippen LogP contribution in [-0.4, -0.2) is 36.4 Å². The molecular weight excluding hydrogens is 170 g/mol. The van der Waals surface area contributed by atoms with Crippen LogP contribution < -0.4 is 5.32 Å². The molecule has 1 amide bonds. The van der Waals surface area contributed by atoms with Crippen molar-refractivity contribution in [3.8, 4) is 0 Å². The molecule has 0 saturated carbocycles. The second-order valence-electron chi connectivity index (χ2n) is 3.67. The lowest BCUT2D eigenvalue weighted by Gasteiger charge is -2.10. The lowest BCUT2D eigenvalue weighted by atomic mass is 10.1. The molecule has 0 aromatic rings. The Balaban J connectivity index is 2.24. The highest BCUT2D eigenvalue weighted by atomic mass is 16.5. The lowest BCUT2D eigenvalue weighted by Crippen LogP contribution is -2.35. The summed E-state index contributed by atoms with van der Waals surface area (Å²) in [6.07, 6.45) is 0.483. The van der Waals surface area contributed by atoms with Gasteiger partial charge in [-0.15, -0.1) is 0 Å². The molecule has 3 atom stereocenters. The van der Waals surface area contributed by atoms with Crippen molar-refractivity contribution in [3.63, 3.8) is 0 Å². The Morgan fingerprint density at radius 1 is 1.77 bits per heavy atom. The standard InChI is InChI=1S/C9H17NO3/c1-6(11)4-10-9(12)8-3-7(2)13-5-8/h6-8,11H,3-5H2,1-2H3,(H,10,12). The van der Waals surface area contributed by atoms with Crippen LogP contribution in [0.25, 0.3) is 0 Å². The van der Waals surface area contributed by atoms with Gasteiger partial charge in [0.05, 0.1) is 24.7 Å². The minimum atomic E-state index is -0.483. The summed E-state index contributed by atoms with van der Waals surface area (Å²) < 4.78 is 5.27. The van der Waals surface area contributed by atoms with Gasteiger partial charge >= 0.3 is 0 Å². The van der Waals surface area contributed by atoms with E-state index in [0.717, 1.165) is 6.42 Å². The summed E-state index contributed by atoms with van der Waals surface area (Å²) >= 11 is 0. The first-order valence-corrected chi connectivity index (χ1v) is 4.67. The molecule has 4 nitrogen and oxygen atoms in total. The van der Waals surface area contributed by atoms with Crippen LogP contribution >= 0.6 is 0 Å². The number of nitrogens with one attached hydrogen (secondary N) is 1. The molecule has 3 unspecified atom stereocenters. The molecule has 0 spiro atoms. The van der Waals surface area contributed by atoms with E-state index in [2.05, 4.69) is 5.32 Å². The fraction of sp³-hybridized carbons (Fsp3) is 0.889. The number of carbonyl (C=O) groups is 1. The van der Waals surface area contributed by atoms with Gasteiger partial charge in [-0.05, 0) is 20.3 Å². The molecular formula is C9H17NO3. The lowest BCUT2D eigenvalue weighted by molar-refractivity contribution is -0.125. The van der Waals surface area contributed by atoms with Gasteiger partial charge < -0.3 is 15.2 Å². The quantitative estimate of drug-likeness (QED) is 0.649. The third kappa shape index (κ3) is 3.32. The van der Waals surface area contributed by atoms with Crippen molar-refractivity contribution in [2.45, 2.75) is 32.5 Å². The fourth-order valence-corrected chi connectivity index (χ4v) is 1.39. The van der Waals surface area contributed by atoms with Crippen molar-refractivity contribution >= 4 is 5.91 Å². The number of ether oxygens (including phenoxy) is 1. The fourth-order valence-electron chi connectivity index (χ4n) is 1.39. The zero-order valence-corrected chi connectivity index (χ0v) is 8.12. The van der Waals surface area contributed by atoms with E-state index in [1.54, 1.807) is 6.92 Å². The SMILES string of the molecule is CC(O)CNC(=O)C1COC(C)C1. The molecule has 4 heteroatoms. The topological polar surface area (TPSA) is 58.6 Å². The van der Waals surface area contributed by atoms with Crippen LogP contribution in [0.1, 0.15) is 20.3 Å². The number of aliphatic hydroxyl groups is 1. The first-order chi connectivity index (χ1) is 6.09. The molecule has 1 rings (SSSR count). The predicted octanol–water partition coefficient (Wildman–Crippen LogP) is -0.0916. The van der Waals surface area contributed by atoms with Crippen molar-refractivity contribution in [3.05, 3.63) is 0 Å². The molecule has 0 aliphatic carbocycles. The van der Waals surface area contributed by atoms with Gasteiger partial charge in [0, 0.05) is 6.54 Å². The molecule has 1 fully saturated rings. The van der Waals surface area contributed by atoms with E-state index in [1.165, 1.54) is 0 Å². The Morgan fingerprint density at radius 2 is 2.46 bits per heavy atom. The summed E-state index contributed by atoms with van der Waals surface area (Å²) in [5.74, 6) is -0.0426. The van der Waals surface area contributed by atoms with E-state index in [9.17, 15) is 4.79 Å². The molecule has 2 N–H and O–H groups in total. The minimum absolute atomic E-state index is 0.00903. The third-order valence-corrected chi connectivity index (χ3v) is 2.14. The highest BCUT2D eigenvalue weighted by Gasteiger charge is 2.27. The maximum atomic E-state index is 11.4. The second-order valence-corrected chi connectivity index (χ2v) is 3.67. The Hall–Kier alpha value is -0.610. The van der Waals surface area contributed by atoms with E-state index in [1.807, 2.05) is 6.92 Å².